The summed E-state index contributed by atoms with van der Waals surface area (Å²) in [4.78, 5) is 2.47. The van der Waals surface area contributed by atoms with Crippen molar-refractivity contribution in [2.75, 3.05) is 33.9 Å². The third-order valence-electron chi connectivity index (χ3n) is 3.57. The summed E-state index contributed by atoms with van der Waals surface area (Å²) in [6.07, 6.45) is 4.69. The Hall–Kier alpha value is -0.160. The van der Waals surface area contributed by atoms with Crippen molar-refractivity contribution >= 4 is 0 Å². The van der Waals surface area contributed by atoms with Crippen LogP contribution in [-0.4, -0.2) is 57.1 Å². The summed E-state index contributed by atoms with van der Waals surface area (Å²) in [5.41, 5.74) is 0. The van der Waals surface area contributed by atoms with Crippen molar-refractivity contribution in [1.82, 2.24) is 10.2 Å². The van der Waals surface area contributed by atoms with E-state index in [2.05, 4.69) is 10.2 Å². The van der Waals surface area contributed by atoms with E-state index in [1.165, 1.54) is 12.8 Å². The van der Waals surface area contributed by atoms with E-state index in [1.54, 1.807) is 0 Å². The molecule has 2 saturated heterocycles. The molecule has 88 valence electrons. The second kappa shape index (κ2) is 5.25. The number of likely N-dealkylation sites (tertiary alicyclic amines) is 1. The molecule has 15 heavy (non-hydrogen) atoms. The van der Waals surface area contributed by atoms with Gasteiger partial charge in [-0.2, -0.15) is 0 Å². The molecule has 4 nitrogen and oxygen atoms in total. The summed E-state index contributed by atoms with van der Waals surface area (Å²) in [6.45, 7) is 3.27. The van der Waals surface area contributed by atoms with Crippen LogP contribution in [0.3, 0.4) is 0 Å². The van der Waals surface area contributed by atoms with Gasteiger partial charge in [0.15, 0.2) is 0 Å². The molecule has 0 aromatic carbocycles. The van der Waals surface area contributed by atoms with E-state index in [4.69, 9.17) is 9.47 Å². The predicted molar refractivity (Wildman–Crippen MR) is 58.8 cm³/mol. The number of piperidine rings is 1. The van der Waals surface area contributed by atoms with Crippen molar-refractivity contribution in [2.24, 2.45) is 0 Å². The predicted octanol–water partition coefficient (Wildman–Crippen LogP) is 0.432. The molecule has 0 spiro atoms. The lowest BCUT2D eigenvalue weighted by Crippen LogP contribution is -2.53. The van der Waals surface area contributed by atoms with Crippen LogP contribution in [-0.2, 0) is 9.47 Å². The molecule has 2 aliphatic heterocycles. The molecular weight excluding hydrogens is 192 g/mol. The van der Waals surface area contributed by atoms with Crippen LogP contribution < -0.4 is 5.32 Å². The second-order valence-electron chi connectivity index (χ2n) is 4.46. The zero-order valence-electron chi connectivity index (χ0n) is 9.74. The van der Waals surface area contributed by atoms with Crippen molar-refractivity contribution in [1.29, 1.82) is 0 Å². The minimum Gasteiger partial charge on any atom is -0.380 e. The molecule has 0 aromatic heterocycles. The van der Waals surface area contributed by atoms with Crippen LogP contribution in [0.4, 0.5) is 0 Å². The van der Waals surface area contributed by atoms with Gasteiger partial charge in [0.1, 0.15) is 0 Å². The normalized spacial score (nSPS) is 38.4. The Morgan fingerprint density at radius 3 is 2.80 bits per heavy atom. The average molecular weight is 214 g/mol. The van der Waals surface area contributed by atoms with Gasteiger partial charge in [0.2, 0.25) is 0 Å². The standard InChI is InChI=1S/C11H22N2O2/c1-14-9-4-3-7-13(8-9)11-10(15-2)5-6-12-11/h9-12H,3-8H2,1-2H3. The Bertz CT molecular complexity index is 201. The summed E-state index contributed by atoms with van der Waals surface area (Å²) in [5, 5.41) is 3.52. The molecule has 0 bridgehead atoms. The molecule has 2 rings (SSSR count). The van der Waals surface area contributed by atoms with E-state index >= 15 is 0 Å². The number of rotatable bonds is 3. The first-order valence-corrected chi connectivity index (χ1v) is 5.88. The molecule has 3 unspecified atom stereocenters. The quantitative estimate of drug-likeness (QED) is 0.739. The fourth-order valence-corrected chi connectivity index (χ4v) is 2.68. The van der Waals surface area contributed by atoms with Gasteiger partial charge < -0.3 is 9.47 Å². The van der Waals surface area contributed by atoms with Gasteiger partial charge in [-0.15, -0.1) is 0 Å². The highest BCUT2D eigenvalue weighted by Gasteiger charge is 2.34. The van der Waals surface area contributed by atoms with Gasteiger partial charge in [-0.25, -0.2) is 0 Å². The van der Waals surface area contributed by atoms with Gasteiger partial charge in [-0.05, 0) is 32.4 Å². The Kier molecular flexibility index (Phi) is 3.97. The Balaban J connectivity index is 1.91. The molecule has 0 aliphatic carbocycles. The van der Waals surface area contributed by atoms with Gasteiger partial charge >= 0.3 is 0 Å². The highest BCUT2D eigenvalue weighted by atomic mass is 16.5. The van der Waals surface area contributed by atoms with Crippen LogP contribution in [0.1, 0.15) is 19.3 Å². The maximum atomic E-state index is 5.50. The zero-order valence-corrected chi connectivity index (χ0v) is 9.74. The summed E-state index contributed by atoms with van der Waals surface area (Å²) in [5.74, 6) is 0. The number of nitrogens with zero attached hydrogens (tertiary/aromatic N) is 1. The van der Waals surface area contributed by atoms with E-state index in [0.29, 0.717) is 18.4 Å². The molecule has 0 radical (unpaired) electrons. The molecule has 0 amide bonds. The van der Waals surface area contributed by atoms with E-state index in [9.17, 15) is 0 Å². The summed E-state index contributed by atoms with van der Waals surface area (Å²) >= 11 is 0. The van der Waals surface area contributed by atoms with E-state index < -0.39 is 0 Å². The maximum absolute atomic E-state index is 5.50. The fraction of sp³-hybridized carbons (Fsp3) is 1.00. The van der Waals surface area contributed by atoms with Gasteiger partial charge in [-0.3, -0.25) is 10.2 Å². The van der Waals surface area contributed by atoms with Crippen LogP contribution in [0.5, 0.6) is 0 Å². The van der Waals surface area contributed by atoms with Crippen LogP contribution in [0.25, 0.3) is 0 Å². The topological polar surface area (TPSA) is 33.7 Å². The Labute approximate surface area is 91.9 Å². The monoisotopic (exact) mass is 214 g/mol. The third kappa shape index (κ3) is 2.50. The lowest BCUT2D eigenvalue weighted by Gasteiger charge is -2.38. The molecule has 1 N–H and O–H groups in total. The number of hydrogen-bond acceptors (Lipinski definition) is 4. The fourth-order valence-electron chi connectivity index (χ4n) is 2.68. The van der Waals surface area contributed by atoms with E-state index in [1.807, 2.05) is 14.2 Å². The van der Waals surface area contributed by atoms with Crippen molar-refractivity contribution in [2.45, 2.75) is 37.6 Å². The molecule has 2 aliphatic rings. The smallest absolute Gasteiger partial charge is 0.0870 e. The van der Waals surface area contributed by atoms with Crippen LogP contribution in [0, 0.1) is 0 Å². The van der Waals surface area contributed by atoms with E-state index in [-0.39, 0.29) is 0 Å². The first-order chi connectivity index (χ1) is 7.35. The highest BCUT2D eigenvalue weighted by Crippen LogP contribution is 2.20. The van der Waals surface area contributed by atoms with Crippen molar-refractivity contribution < 1.29 is 9.47 Å². The second-order valence-corrected chi connectivity index (χ2v) is 4.46. The van der Waals surface area contributed by atoms with Gasteiger partial charge in [-0.1, -0.05) is 0 Å². The van der Waals surface area contributed by atoms with E-state index in [0.717, 1.165) is 26.1 Å². The number of nitrogens with one attached hydrogen (secondary N) is 1. The Morgan fingerprint density at radius 1 is 1.20 bits per heavy atom. The van der Waals surface area contributed by atoms with Gasteiger partial charge in [0.05, 0.1) is 18.4 Å². The van der Waals surface area contributed by atoms with Crippen LogP contribution in [0.15, 0.2) is 0 Å². The number of hydrogen-bond donors (Lipinski definition) is 1. The first-order valence-electron chi connectivity index (χ1n) is 5.88. The first kappa shape index (κ1) is 11.3. The summed E-state index contributed by atoms with van der Waals surface area (Å²) in [7, 11) is 3.62. The van der Waals surface area contributed by atoms with Crippen LogP contribution >= 0.6 is 0 Å². The largest absolute Gasteiger partial charge is 0.380 e. The lowest BCUT2D eigenvalue weighted by molar-refractivity contribution is -0.0270. The summed E-state index contributed by atoms with van der Waals surface area (Å²) < 4.78 is 10.9. The van der Waals surface area contributed by atoms with Crippen molar-refractivity contribution in [3.63, 3.8) is 0 Å². The third-order valence-corrected chi connectivity index (χ3v) is 3.57. The molecule has 0 saturated carbocycles. The minimum absolute atomic E-state index is 0.348. The molecular formula is C11H22N2O2. The van der Waals surface area contributed by atoms with Crippen LogP contribution in [0.2, 0.25) is 0 Å². The summed E-state index contributed by atoms with van der Waals surface area (Å²) in [6, 6.07) is 0. The zero-order chi connectivity index (χ0) is 10.7. The average Bonchev–Trinajstić information content (AvgIpc) is 2.77. The lowest BCUT2D eigenvalue weighted by atomic mass is 10.1. The van der Waals surface area contributed by atoms with Gasteiger partial charge in [0.25, 0.3) is 0 Å². The molecule has 4 heteroatoms. The molecule has 2 heterocycles. The molecule has 0 aromatic rings. The SMILES string of the molecule is COC1CCCN(C2NCCC2OC)C1. The molecule has 3 atom stereocenters. The Morgan fingerprint density at radius 2 is 2.07 bits per heavy atom. The highest BCUT2D eigenvalue weighted by molar-refractivity contribution is 4.88. The van der Waals surface area contributed by atoms with Crippen molar-refractivity contribution in [3.8, 4) is 0 Å². The maximum Gasteiger partial charge on any atom is 0.0870 e. The minimum atomic E-state index is 0.348. The molecule has 2 fully saturated rings. The van der Waals surface area contributed by atoms with Gasteiger partial charge in [0, 0.05) is 20.8 Å². The number of methoxy groups -OCH3 is 2. The number of ether oxygens (including phenoxy) is 2. The van der Waals surface area contributed by atoms with Crippen molar-refractivity contribution in [3.05, 3.63) is 0 Å².